The van der Waals surface area contributed by atoms with Gasteiger partial charge < -0.3 is 10.4 Å². The van der Waals surface area contributed by atoms with Crippen LogP contribution in [0.25, 0.3) is 0 Å². The van der Waals surface area contributed by atoms with Crippen LogP contribution in [0.4, 0.5) is 4.79 Å². The number of rotatable bonds is 7. The molecule has 1 aliphatic carbocycles. The molecule has 0 atom stereocenters. The number of nitrogens with one attached hydrogen (secondary N) is 2. The van der Waals surface area contributed by atoms with E-state index in [1.54, 1.807) is 0 Å². The van der Waals surface area contributed by atoms with Gasteiger partial charge in [0.05, 0.1) is 0 Å². The van der Waals surface area contributed by atoms with Gasteiger partial charge in [-0.15, -0.1) is 0 Å². The van der Waals surface area contributed by atoms with E-state index in [-0.39, 0.29) is 24.7 Å². The fourth-order valence-corrected chi connectivity index (χ4v) is 2.68. The molecule has 20 heavy (non-hydrogen) atoms. The normalized spacial score (nSPS) is 16.6. The van der Waals surface area contributed by atoms with Gasteiger partial charge in [-0.1, -0.05) is 19.8 Å². The summed E-state index contributed by atoms with van der Waals surface area (Å²) in [5.74, 6) is -1.37. The molecular weight excluding hydrogens is 260 g/mol. The van der Waals surface area contributed by atoms with Crippen molar-refractivity contribution in [3.8, 4) is 0 Å². The molecule has 0 saturated heterocycles. The number of amides is 3. The summed E-state index contributed by atoms with van der Waals surface area (Å²) in [5, 5.41) is 13.5. The largest absolute Gasteiger partial charge is 0.481 e. The van der Waals surface area contributed by atoms with E-state index in [4.69, 9.17) is 5.11 Å². The van der Waals surface area contributed by atoms with Gasteiger partial charge in [-0.25, -0.2) is 4.79 Å². The molecule has 0 heterocycles. The maximum atomic E-state index is 11.6. The minimum atomic E-state index is -0.937. The van der Waals surface area contributed by atoms with Crippen molar-refractivity contribution in [3.63, 3.8) is 0 Å². The van der Waals surface area contributed by atoms with Crippen molar-refractivity contribution in [2.24, 2.45) is 5.41 Å². The van der Waals surface area contributed by atoms with Gasteiger partial charge in [0.25, 0.3) is 0 Å². The lowest BCUT2D eigenvalue weighted by molar-refractivity contribution is -0.137. The van der Waals surface area contributed by atoms with Crippen LogP contribution < -0.4 is 10.6 Å². The number of urea groups is 1. The van der Waals surface area contributed by atoms with Crippen LogP contribution in [0.2, 0.25) is 0 Å². The van der Waals surface area contributed by atoms with Crippen molar-refractivity contribution in [1.29, 1.82) is 0 Å². The third-order valence-electron chi connectivity index (χ3n) is 4.09. The van der Waals surface area contributed by atoms with Gasteiger partial charge in [0.2, 0.25) is 5.91 Å². The highest BCUT2D eigenvalue weighted by Gasteiger charge is 2.32. The van der Waals surface area contributed by atoms with Gasteiger partial charge in [-0.2, -0.15) is 0 Å². The number of carbonyl (C=O) groups is 3. The Hall–Kier alpha value is -1.59. The first kappa shape index (κ1) is 16.5. The smallest absolute Gasteiger partial charge is 0.321 e. The van der Waals surface area contributed by atoms with Crippen molar-refractivity contribution in [3.05, 3.63) is 0 Å². The first-order valence-corrected chi connectivity index (χ1v) is 7.27. The molecule has 0 aromatic carbocycles. The molecule has 1 fully saturated rings. The Bertz CT molecular complexity index is 362. The zero-order valence-corrected chi connectivity index (χ0v) is 12.0. The Morgan fingerprint density at radius 1 is 1.15 bits per heavy atom. The molecule has 0 unspecified atom stereocenters. The standard InChI is InChI=1S/C14H24N2O4/c1-2-14(8-3-4-9-14)10-15-13(20)16-11(17)6-5-7-12(18)19/h2-10H2,1H3,(H,18,19)(H2,15,16,17,20). The van der Waals surface area contributed by atoms with Gasteiger partial charge in [-0.3, -0.25) is 14.9 Å². The SMILES string of the molecule is CCC1(CNC(=O)NC(=O)CCCC(=O)O)CCCC1. The minimum Gasteiger partial charge on any atom is -0.481 e. The number of aliphatic carboxylic acids is 1. The zero-order chi connectivity index (χ0) is 15.0. The average Bonchev–Trinajstić information content (AvgIpc) is 2.85. The summed E-state index contributed by atoms with van der Waals surface area (Å²) in [6.45, 7) is 2.72. The number of hydrogen-bond donors (Lipinski definition) is 3. The summed E-state index contributed by atoms with van der Waals surface area (Å²) in [5.41, 5.74) is 0.184. The molecule has 0 aromatic rings. The van der Waals surface area contributed by atoms with Crippen molar-refractivity contribution < 1.29 is 19.5 Å². The van der Waals surface area contributed by atoms with Gasteiger partial charge in [0.15, 0.2) is 0 Å². The van der Waals surface area contributed by atoms with E-state index >= 15 is 0 Å². The average molecular weight is 284 g/mol. The summed E-state index contributed by atoms with van der Waals surface area (Å²) in [7, 11) is 0. The molecule has 3 amide bonds. The monoisotopic (exact) mass is 284 g/mol. The van der Waals surface area contributed by atoms with Crippen LogP contribution in [-0.4, -0.2) is 29.6 Å². The fourth-order valence-electron chi connectivity index (χ4n) is 2.68. The number of imide groups is 1. The van der Waals surface area contributed by atoms with E-state index in [1.165, 1.54) is 12.8 Å². The maximum Gasteiger partial charge on any atom is 0.321 e. The Kier molecular flexibility index (Phi) is 6.48. The molecule has 0 spiro atoms. The minimum absolute atomic E-state index is 0.0542. The van der Waals surface area contributed by atoms with Crippen molar-refractivity contribution in [1.82, 2.24) is 10.6 Å². The second-order valence-corrected chi connectivity index (χ2v) is 5.54. The lowest BCUT2D eigenvalue weighted by Crippen LogP contribution is -2.43. The van der Waals surface area contributed by atoms with Gasteiger partial charge >= 0.3 is 12.0 Å². The molecule has 0 radical (unpaired) electrons. The molecule has 3 N–H and O–H groups in total. The van der Waals surface area contributed by atoms with Crippen molar-refractivity contribution in [2.75, 3.05) is 6.54 Å². The lowest BCUT2D eigenvalue weighted by atomic mass is 9.83. The van der Waals surface area contributed by atoms with Gasteiger partial charge in [-0.05, 0) is 31.1 Å². The second-order valence-electron chi connectivity index (χ2n) is 5.54. The van der Waals surface area contributed by atoms with E-state index in [2.05, 4.69) is 17.6 Å². The number of carbonyl (C=O) groups excluding carboxylic acids is 2. The molecule has 1 saturated carbocycles. The first-order valence-electron chi connectivity index (χ1n) is 7.27. The Morgan fingerprint density at radius 2 is 1.80 bits per heavy atom. The predicted octanol–water partition coefficient (Wildman–Crippen LogP) is 2.04. The van der Waals surface area contributed by atoms with Crippen LogP contribution in [0.5, 0.6) is 0 Å². The number of carboxylic acid groups (broad SMARTS) is 1. The summed E-state index contributed by atoms with van der Waals surface area (Å²) >= 11 is 0. The molecule has 1 aliphatic rings. The van der Waals surface area contributed by atoms with E-state index in [9.17, 15) is 14.4 Å². The molecule has 1 rings (SSSR count). The summed E-state index contributed by atoms with van der Waals surface area (Å²) in [6.07, 6.45) is 5.91. The lowest BCUT2D eigenvalue weighted by Gasteiger charge is -2.27. The topological polar surface area (TPSA) is 95.5 Å². The van der Waals surface area contributed by atoms with E-state index in [1.807, 2.05) is 0 Å². The number of carboxylic acids is 1. The highest BCUT2D eigenvalue weighted by Crippen LogP contribution is 2.40. The Morgan fingerprint density at radius 3 is 2.35 bits per heavy atom. The molecule has 0 aliphatic heterocycles. The maximum absolute atomic E-state index is 11.6. The first-order chi connectivity index (χ1) is 9.47. The van der Waals surface area contributed by atoms with Gasteiger partial charge in [0.1, 0.15) is 0 Å². The van der Waals surface area contributed by atoms with E-state index in [0.29, 0.717) is 6.54 Å². The quantitative estimate of drug-likeness (QED) is 0.666. The van der Waals surface area contributed by atoms with Crippen LogP contribution in [-0.2, 0) is 9.59 Å². The summed E-state index contributed by atoms with van der Waals surface area (Å²) in [4.78, 5) is 33.3. The molecule has 114 valence electrons. The third kappa shape index (κ3) is 5.59. The van der Waals surface area contributed by atoms with Crippen LogP contribution in [0.3, 0.4) is 0 Å². The number of hydrogen-bond acceptors (Lipinski definition) is 3. The fraction of sp³-hybridized carbons (Fsp3) is 0.786. The van der Waals surface area contributed by atoms with Gasteiger partial charge in [0, 0.05) is 19.4 Å². The molecule has 6 nitrogen and oxygen atoms in total. The molecule has 0 aromatic heterocycles. The Balaban J connectivity index is 2.22. The molecule has 0 bridgehead atoms. The highest BCUT2D eigenvalue weighted by molar-refractivity contribution is 5.94. The second kappa shape index (κ2) is 7.87. The van der Waals surface area contributed by atoms with E-state index < -0.39 is 17.9 Å². The molecular formula is C14H24N2O4. The summed E-state index contributed by atoms with van der Waals surface area (Å²) < 4.78 is 0. The van der Waals surface area contributed by atoms with Crippen molar-refractivity contribution in [2.45, 2.75) is 58.3 Å². The van der Waals surface area contributed by atoms with Crippen LogP contribution in [0.15, 0.2) is 0 Å². The highest BCUT2D eigenvalue weighted by atomic mass is 16.4. The van der Waals surface area contributed by atoms with E-state index in [0.717, 1.165) is 19.3 Å². The van der Waals surface area contributed by atoms with Crippen molar-refractivity contribution >= 4 is 17.9 Å². The van der Waals surface area contributed by atoms with Crippen LogP contribution >= 0.6 is 0 Å². The Labute approximate surface area is 119 Å². The van der Waals surface area contributed by atoms with Crippen LogP contribution in [0.1, 0.15) is 58.3 Å². The van der Waals surface area contributed by atoms with Crippen LogP contribution in [0, 0.1) is 5.41 Å². The third-order valence-corrected chi connectivity index (χ3v) is 4.09. The predicted molar refractivity (Wildman–Crippen MR) is 74.2 cm³/mol. The summed E-state index contributed by atoms with van der Waals surface area (Å²) in [6, 6.07) is -0.481. The molecule has 6 heteroatoms. The zero-order valence-electron chi connectivity index (χ0n) is 12.0.